The normalized spacial score (nSPS) is 9.78. The van der Waals surface area contributed by atoms with Gasteiger partial charge in [0.05, 0.1) is 6.54 Å². The number of ether oxygens (including phenoxy) is 1. The number of urea groups is 1. The van der Waals surface area contributed by atoms with Crippen molar-refractivity contribution in [1.82, 2.24) is 16.2 Å². The molecule has 7 heteroatoms. The van der Waals surface area contributed by atoms with Crippen LogP contribution in [0.4, 0.5) is 4.79 Å². The van der Waals surface area contributed by atoms with Crippen LogP contribution in [0.1, 0.15) is 10.4 Å². The SMILES string of the molecule is O=C(NCCOc1ccc(Cl)cc1)NNC(=O)c1ccccc1. The maximum Gasteiger partial charge on any atom is 0.333 e. The number of nitrogens with one attached hydrogen (secondary N) is 3. The predicted molar refractivity (Wildman–Crippen MR) is 87.4 cm³/mol. The molecular formula is C16H16ClN3O3. The first kappa shape index (κ1) is 16.6. The van der Waals surface area contributed by atoms with Gasteiger partial charge in [0, 0.05) is 10.6 Å². The van der Waals surface area contributed by atoms with Crippen LogP contribution in [0.2, 0.25) is 5.02 Å². The summed E-state index contributed by atoms with van der Waals surface area (Å²) in [6.45, 7) is 0.581. The molecule has 2 aromatic rings. The fourth-order valence-corrected chi connectivity index (χ4v) is 1.81. The van der Waals surface area contributed by atoms with Gasteiger partial charge in [-0.15, -0.1) is 0 Å². The molecule has 0 aliphatic rings. The summed E-state index contributed by atoms with van der Waals surface area (Å²) in [5.74, 6) is 0.271. The Kier molecular flexibility index (Phi) is 6.26. The van der Waals surface area contributed by atoms with Crippen LogP contribution in [0.15, 0.2) is 54.6 Å². The monoisotopic (exact) mass is 333 g/mol. The van der Waals surface area contributed by atoms with E-state index in [9.17, 15) is 9.59 Å². The van der Waals surface area contributed by atoms with E-state index >= 15 is 0 Å². The van der Waals surface area contributed by atoms with E-state index in [2.05, 4.69) is 16.2 Å². The summed E-state index contributed by atoms with van der Waals surface area (Å²) >= 11 is 5.76. The van der Waals surface area contributed by atoms with Crippen molar-refractivity contribution in [2.24, 2.45) is 0 Å². The lowest BCUT2D eigenvalue weighted by Gasteiger charge is -2.10. The van der Waals surface area contributed by atoms with Crippen LogP contribution >= 0.6 is 11.6 Å². The van der Waals surface area contributed by atoms with Gasteiger partial charge in [-0.2, -0.15) is 0 Å². The van der Waals surface area contributed by atoms with E-state index in [1.54, 1.807) is 54.6 Å². The van der Waals surface area contributed by atoms with E-state index in [0.717, 1.165) is 0 Å². The highest BCUT2D eigenvalue weighted by atomic mass is 35.5. The number of carbonyl (C=O) groups is 2. The number of hydrogen-bond donors (Lipinski definition) is 3. The van der Waals surface area contributed by atoms with Crippen molar-refractivity contribution in [3.63, 3.8) is 0 Å². The Hall–Kier alpha value is -2.73. The lowest BCUT2D eigenvalue weighted by atomic mass is 10.2. The number of carbonyl (C=O) groups excluding carboxylic acids is 2. The average Bonchev–Trinajstić information content (AvgIpc) is 2.59. The Bertz CT molecular complexity index is 647. The number of rotatable bonds is 5. The standard InChI is InChI=1S/C16H16ClN3O3/c17-13-6-8-14(9-7-13)23-11-10-18-16(22)20-19-15(21)12-4-2-1-3-5-12/h1-9H,10-11H2,(H,19,21)(H2,18,20,22). The molecule has 0 saturated carbocycles. The highest BCUT2D eigenvalue weighted by molar-refractivity contribution is 6.30. The smallest absolute Gasteiger partial charge is 0.333 e. The molecule has 2 rings (SSSR count). The molecule has 3 N–H and O–H groups in total. The van der Waals surface area contributed by atoms with Crippen LogP contribution in [0.25, 0.3) is 0 Å². The molecule has 120 valence electrons. The number of benzene rings is 2. The van der Waals surface area contributed by atoms with E-state index in [1.807, 2.05) is 0 Å². The summed E-state index contributed by atoms with van der Waals surface area (Å²) in [7, 11) is 0. The third-order valence-corrected chi connectivity index (χ3v) is 3.05. The summed E-state index contributed by atoms with van der Waals surface area (Å²) in [4.78, 5) is 23.2. The fourth-order valence-electron chi connectivity index (χ4n) is 1.68. The van der Waals surface area contributed by atoms with Gasteiger partial charge in [0.1, 0.15) is 12.4 Å². The van der Waals surface area contributed by atoms with Gasteiger partial charge in [-0.25, -0.2) is 10.2 Å². The topological polar surface area (TPSA) is 79.5 Å². The summed E-state index contributed by atoms with van der Waals surface area (Å²) in [5.41, 5.74) is 5.03. The molecule has 0 fully saturated rings. The molecule has 0 saturated heterocycles. The second-order valence-corrected chi connectivity index (χ2v) is 4.94. The molecule has 0 bridgehead atoms. The minimum Gasteiger partial charge on any atom is -0.492 e. The van der Waals surface area contributed by atoms with E-state index < -0.39 is 11.9 Å². The van der Waals surface area contributed by atoms with E-state index in [1.165, 1.54) is 0 Å². The van der Waals surface area contributed by atoms with E-state index in [4.69, 9.17) is 16.3 Å². The highest BCUT2D eigenvalue weighted by Crippen LogP contribution is 2.14. The molecule has 6 nitrogen and oxygen atoms in total. The van der Waals surface area contributed by atoms with Gasteiger partial charge in [0.25, 0.3) is 5.91 Å². The molecule has 0 spiro atoms. The lowest BCUT2D eigenvalue weighted by Crippen LogP contribution is -2.47. The van der Waals surface area contributed by atoms with Gasteiger partial charge in [-0.05, 0) is 36.4 Å². The lowest BCUT2D eigenvalue weighted by molar-refractivity contribution is 0.0936. The number of hydrazine groups is 1. The molecule has 0 unspecified atom stereocenters. The molecule has 0 radical (unpaired) electrons. The average molecular weight is 334 g/mol. The minimum absolute atomic E-state index is 0.287. The van der Waals surface area contributed by atoms with Gasteiger partial charge in [0.15, 0.2) is 0 Å². The minimum atomic E-state index is -0.519. The second-order valence-electron chi connectivity index (χ2n) is 4.50. The fraction of sp³-hybridized carbons (Fsp3) is 0.125. The number of hydrogen-bond acceptors (Lipinski definition) is 3. The quantitative estimate of drug-likeness (QED) is 0.580. The molecule has 0 aliphatic heterocycles. The predicted octanol–water partition coefficient (Wildman–Crippen LogP) is 2.36. The van der Waals surface area contributed by atoms with Gasteiger partial charge in [0.2, 0.25) is 0 Å². The van der Waals surface area contributed by atoms with Crippen LogP contribution in [0.5, 0.6) is 5.75 Å². The molecule has 0 aromatic heterocycles. The number of amides is 3. The summed E-state index contributed by atoms with van der Waals surface area (Å²) in [6, 6.07) is 15.0. The first-order chi connectivity index (χ1) is 11.1. The van der Waals surface area contributed by atoms with Crippen molar-refractivity contribution in [3.8, 4) is 5.75 Å². The Morgan fingerprint density at radius 2 is 1.65 bits per heavy atom. The second kappa shape index (κ2) is 8.65. The summed E-state index contributed by atoms with van der Waals surface area (Å²) in [6.07, 6.45) is 0. The van der Waals surface area contributed by atoms with Crippen molar-refractivity contribution >= 4 is 23.5 Å². The zero-order valence-electron chi connectivity index (χ0n) is 12.2. The third kappa shape index (κ3) is 5.88. The Labute approximate surface area is 138 Å². The van der Waals surface area contributed by atoms with E-state index in [0.29, 0.717) is 22.9 Å². The van der Waals surface area contributed by atoms with Gasteiger partial charge < -0.3 is 10.1 Å². The molecule has 0 aliphatic carbocycles. The summed E-state index contributed by atoms with van der Waals surface area (Å²) in [5, 5.41) is 3.18. The largest absolute Gasteiger partial charge is 0.492 e. The third-order valence-electron chi connectivity index (χ3n) is 2.80. The maximum absolute atomic E-state index is 11.7. The molecule has 0 heterocycles. The van der Waals surface area contributed by atoms with Crippen LogP contribution in [0, 0.1) is 0 Å². The van der Waals surface area contributed by atoms with Crippen molar-refractivity contribution < 1.29 is 14.3 Å². The van der Waals surface area contributed by atoms with Crippen LogP contribution in [-0.4, -0.2) is 25.1 Å². The van der Waals surface area contributed by atoms with E-state index in [-0.39, 0.29) is 6.54 Å². The van der Waals surface area contributed by atoms with Crippen molar-refractivity contribution in [3.05, 3.63) is 65.2 Å². The first-order valence-corrected chi connectivity index (χ1v) is 7.30. The van der Waals surface area contributed by atoms with Crippen molar-refractivity contribution in [2.75, 3.05) is 13.2 Å². The van der Waals surface area contributed by atoms with Gasteiger partial charge in [-0.1, -0.05) is 29.8 Å². The highest BCUT2D eigenvalue weighted by Gasteiger charge is 2.05. The molecular weight excluding hydrogens is 318 g/mol. The Morgan fingerprint density at radius 3 is 2.35 bits per heavy atom. The zero-order chi connectivity index (χ0) is 16.5. The van der Waals surface area contributed by atoms with Crippen LogP contribution < -0.4 is 20.9 Å². The Balaban J connectivity index is 1.62. The molecule has 23 heavy (non-hydrogen) atoms. The van der Waals surface area contributed by atoms with Crippen molar-refractivity contribution in [1.29, 1.82) is 0 Å². The van der Waals surface area contributed by atoms with Crippen LogP contribution in [0.3, 0.4) is 0 Å². The number of halogens is 1. The van der Waals surface area contributed by atoms with Crippen LogP contribution in [-0.2, 0) is 0 Å². The van der Waals surface area contributed by atoms with Crippen molar-refractivity contribution in [2.45, 2.75) is 0 Å². The van der Waals surface area contributed by atoms with Gasteiger partial charge in [-0.3, -0.25) is 10.2 Å². The molecule has 3 amide bonds. The van der Waals surface area contributed by atoms with Gasteiger partial charge >= 0.3 is 6.03 Å². The summed E-state index contributed by atoms with van der Waals surface area (Å²) < 4.78 is 5.42. The first-order valence-electron chi connectivity index (χ1n) is 6.93. The zero-order valence-corrected chi connectivity index (χ0v) is 13.0. The Morgan fingerprint density at radius 1 is 0.957 bits per heavy atom. The molecule has 2 aromatic carbocycles. The molecule has 0 atom stereocenters. The maximum atomic E-state index is 11.7.